The predicted molar refractivity (Wildman–Crippen MR) is 110 cm³/mol. The number of aromatic nitrogens is 4. The smallest absolute Gasteiger partial charge is 0.193 e. The van der Waals surface area contributed by atoms with Crippen molar-refractivity contribution in [3.8, 4) is 0 Å². The zero-order valence-electron chi connectivity index (χ0n) is 15.2. The van der Waals surface area contributed by atoms with Crippen molar-refractivity contribution in [3.05, 3.63) is 36.7 Å². The molecule has 3 rings (SSSR count). The number of guanidine groups is 1. The molecular formula is C17H28IN7. The van der Waals surface area contributed by atoms with E-state index in [2.05, 4.69) is 49.2 Å². The van der Waals surface area contributed by atoms with Crippen LogP contribution >= 0.6 is 24.0 Å². The molecule has 1 aliphatic rings. The summed E-state index contributed by atoms with van der Waals surface area (Å²) in [6.45, 7) is 5.18. The van der Waals surface area contributed by atoms with Gasteiger partial charge in [0.2, 0.25) is 0 Å². The number of aliphatic imine (C=N–C) groups is 1. The van der Waals surface area contributed by atoms with E-state index in [-0.39, 0.29) is 24.0 Å². The van der Waals surface area contributed by atoms with Gasteiger partial charge in [0.15, 0.2) is 5.96 Å². The minimum Gasteiger partial charge on any atom is -0.356 e. The Hall–Kier alpha value is -1.58. The van der Waals surface area contributed by atoms with Crippen LogP contribution in [-0.2, 0) is 13.5 Å². The fraction of sp³-hybridized carbons (Fsp3) is 0.588. The van der Waals surface area contributed by atoms with Crippen LogP contribution in [0.5, 0.6) is 0 Å². The highest BCUT2D eigenvalue weighted by molar-refractivity contribution is 14.0. The van der Waals surface area contributed by atoms with Gasteiger partial charge in [-0.15, -0.1) is 24.0 Å². The first-order chi connectivity index (χ1) is 11.7. The predicted octanol–water partition coefficient (Wildman–Crippen LogP) is 1.94. The van der Waals surface area contributed by atoms with E-state index in [1.54, 1.807) is 0 Å². The highest BCUT2D eigenvalue weighted by Crippen LogP contribution is 2.27. The molecule has 1 aliphatic heterocycles. The lowest BCUT2D eigenvalue weighted by Gasteiger charge is -2.39. The zero-order chi connectivity index (χ0) is 16.9. The Balaban J connectivity index is 0.00000225. The maximum Gasteiger partial charge on any atom is 0.193 e. The molecule has 0 radical (unpaired) electrons. The zero-order valence-corrected chi connectivity index (χ0v) is 17.5. The van der Waals surface area contributed by atoms with E-state index < -0.39 is 0 Å². The quantitative estimate of drug-likeness (QED) is 0.433. The molecule has 25 heavy (non-hydrogen) atoms. The Morgan fingerprint density at radius 1 is 1.44 bits per heavy atom. The highest BCUT2D eigenvalue weighted by Gasteiger charge is 2.28. The summed E-state index contributed by atoms with van der Waals surface area (Å²) in [6, 6.07) is 0.443. The molecule has 0 bridgehead atoms. The van der Waals surface area contributed by atoms with Crippen molar-refractivity contribution in [2.24, 2.45) is 18.0 Å². The third-order valence-electron chi connectivity index (χ3n) is 4.79. The van der Waals surface area contributed by atoms with Gasteiger partial charge in [0.05, 0.1) is 18.6 Å². The number of nitrogens with zero attached hydrogens (tertiary/aromatic N) is 6. The van der Waals surface area contributed by atoms with Gasteiger partial charge in [-0.2, -0.15) is 5.10 Å². The number of halogens is 1. The Labute approximate surface area is 166 Å². The average molecular weight is 457 g/mol. The van der Waals surface area contributed by atoms with Crippen LogP contribution in [0.2, 0.25) is 0 Å². The number of likely N-dealkylation sites (tertiary alicyclic amines) is 1. The summed E-state index contributed by atoms with van der Waals surface area (Å²) in [5.41, 5.74) is 1.24. The summed E-state index contributed by atoms with van der Waals surface area (Å²) in [4.78, 5) is 11.0. The lowest BCUT2D eigenvalue weighted by molar-refractivity contribution is 0.189. The lowest BCUT2D eigenvalue weighted by atomic mass is 9.93. The highest BCUT2D eigenvalue weighted by atomic mass is 127. The molecule has 2 unspecified atom stereocenters. The monoisotopic (exact) mass is 457 g/mol. The summed E-state index contributed by atoms with van der Waals surface area (Å²) in [5, 5.41) is 7.70. The van der Waals surface area contributed by atoms with Crippen LogP contribution < -0.4 is 5.32 Å². The van der Waals surface area contributed by atoms with Gasteiger partial charge in [-0.3, -0.25) is 9.67 Å². The van der Waals surface area contributed by atoms with Crippen LogP contribution in [0.25, 0.3) is 0 Å². The van der Waals surface area contributed by atoms with Gasteiger partial charge < -0.3 is 14.8 Å². The molecule has 2 aromatic rings. The van der Waals surface area contributed by atoms with Gasteiger partial charge in [-0.25, -0.2) is 4.98 Å². The fourth-order valence-corrected chi connectivity index (χ4v) is 3.35. The molecule has 2 atom stereocenters. The molecule has 0 amide bonds. The molecule has 0 aliphatic carbocycles. The van der Waals surface area contributed by atoms with Crippen LogP contribution in [0.15, 0.2) is 36.1 Å². The molecule has 138 valence electrons. The third-order valence-corrected chi connectivity index (χ3v) is 4.79. The lowest BCUT2D eigenvalue weighted by Crippen LogP contribution is -2.49. The van der Waals surface area contributed by atoms with Gasteiger partial charge in [0, 0.05) is 52.3 Å². The molecule has 0 spiro atoms. The van der Waals surface area contributed by atoms with Crippen LogP contribution in [0.4, 0.5) is 0 Å². The van der Waals surface area contributed by atoms with E-state index in [0.717, 1.165) is 38.4 Å². The summed E-state index contributed by atoms with van der Waals surface area (Å²) < 4.78 is 4.06. The first-order valence-corrected chi connectivity index (χ1v) is 8.58. The molecule has 1 fully saturated rings. The Kier molecular flexibility index (Phi) is 7.27. The van der Waals surface area contributed by atoms with Crippen molar-refractivity contribution >= 4 is 29.9 Å². The van der Waals surface area contributed by atoms with Gasteiger partial charge in [-0.1, -0.05) is 6.92 Å². The number of nitrogens with one attached hydrogen (secondary N) is 1. The van der Waals surface area contributed by atoms with Crippen LogP contribution in [0, 0.1) is 5.92 Å². The van der Waals surface area contributed by atoms with Crippen molar-refractivity contribution in [2.75, 3.05) is 26.7 Å². The Morgan fingerprint density at radius 2 is 2.28 bits per heavy atom. The van der Waals surface area contributed by atoms with Crippen molar-refractivity contribution in [3.63, 3.8) is 0 Å². The number of imidazole rings is 1. The van der Waals surface area contributed by atoms with E-state index in [4.69, 9.17) is 0 Å². The summed E-state index contributed by atoms with van der Waals surface area (Å²) in [7, 11) is 3.80. The van der Waals surface area contributed by atoms with E-state index in [0.29, 0.717) is 12.0 Å². The summed E-state index contributed by atoms with van der Waals surface area (Å²) in [6.07, 6.45) is 11.9. The first kappa shape index (κ1) is 19.7. The number of aryl methyl sites for hydroxylation is 1. The van der Waals surface area contributed by atoms with Crippen molar-refractivity contribution in [2.45, 2.75) is 25.8 Å². The van der Waals surface area contributed by atoms with Crippen molar-refractivity contribution in [1.29, 1.82) is 0 Å². The van der Waals surface area contributed by atoms with E-state index in [9.17, 15) is 0 Å². The topological polar surface area (TPSA) is 63.3 Å². The number of rotatable bonds is 4. The van der Waals surface area contributed by atoms with Gasteiger partial charge in [0.1, 0.15) is 0 Å². The average Bonchev–Trinajstić information content (AvgIpc) is 3.24. The second-order valence-corrected chi connectivity index (χ2v) is 6.54. The van der Waals surface area contributed by atoms with E-state index >= 15 is 0 Å². The standard InChI is InChI=1S/C17H27N7.HI/c1-14-5-8-23(12-16(14)24-9-7-19-13-24)17(18-2)20-6-4-15-10-21-22(3)11-15;/h7,9-11,13-14,16H,4-6,8,12H2,1-3H3,(H,18,20);1H. The molecule has 1 saturated heterocycles. The van der Waals surface area contributed by atoms with Crippen molar-refractivity contribution < 1.29 is 0 Å². The maximum atomic E-state index is 4.47. The summed E-state index contributed by atoms with van der Waals surface area (Å²) >= 11 is 0. The molecule has 0 aromatic carbocycles. The maximum absolute atomic E-state index is 4.47. The number of piperidine rings is 1. The number of hydrogen-bond donors (Lipinski definition) is 1. The molecule has 8 heteroatoms. The van der Waals surface area contributed by atoms with Gasteiger partial charge >= 0.3 is 0 Å². The SMILES string of the molecule is CN=C(NCCc1cnn(C)c1)N1CCC(C)C(n2ccnc2)C1.I. The Morgan fingerprint density at radius 3 is 2.92 bits per heavy atom. The number of hydrogen-bond acceptors (Lipinski definition) is 3. The normalized spacial score (nSPS) is 21.1. The molecular weight excluding hydrogens is 429 g/mol. The fourth-order valence-electron chi connectivity index (χ4n) is 3.35. The minimum absolute atomic E-state index is 0. The largest absolute Gasteiger partial charge is 0.356 e. The first-order valence-electron chi connectivity index (χ1n) is 8.58. The second-order valence-electron chi connectivity index (χ2n) is 6.54. The molecule has 7 nitrogen and oxygen atoms in total. The van der Waals surface area contributed by atoms with E-state index in [1.807, 2.05) is 37.5 Å². The van der Waals surface area contributed by atoms with Gasteiger partial charge in [0.25, 0.3) is 0 Å². The third kappa shape index (κ3) is 4.96. The van der Waals surface area contributed by atoms with Crippen LogP contribution in [-0.4, -0.2) is 56.9 Å². The minimum atomic E-state index is 0. The Bertz CT molecular complexity index is 664. The van der Waals surface area contributed by atoms with Gasteiger partial charge in [-0.05, 0) is 24.3 Å². The van der Waals surface area contributed by atoms with Crippen LogP contribution in [0.1, 0.15) is 24.9 Å². The molecule has 1 N–H and O–H groups in total. The molecule has 2 aromatic heterocycles. The second kappa shape index (κ2) is 9.21. The molecule has 0 saturated carbocycles. The molecule has 3 heterocycles. The summed E-state index contributed by atoms with van der Waals surface area (Å²) in [5.74, 6) is 1.62. The van der Waals surface area contributed by atoms with Crippen LogP contribution in [0.3, 0.4) is 0 Å². The van der Waals surface area contributed by atoms with Crippen molar-refractivity contribution in [1.82, 2.24) is 29.5 Å². The van der Waals surface area contributed by atoms with E-state index in [1.165, 1.54) is 5.56 Å².